The van der Waals surface area contributed by atoms with Gasteiger partial charge in [-0.15, -0.1) is 0 Å². The summed E-state index contributed by atoms with van der Waals surface area (Å²) in [4.78, 5) is 29.1. The second-order valence-corrected chi connectivity index (χ2v) is 7.16. The Bertz CT molecular complexity index is 685. The highest BCUT2D eigenvalue weighted by Gasteiger charge is 2.34. The fraction of sp³-hybridized carbons (Fsp3) is 0.611. The van der Waals surface area contributed by atoms with E-state index in [0.29, 0.717) is 32.2 Å². The molecule has 0 spiro atoms. The minimum absolute atomic E-state index is 0.0173. The summed E-state index contributed by atoms with van der Waals surface area (Å²) < 4.78 is 43.3. The monoisotopic (exact) mass is 385 g/mol. The van der Waals surface area contributed by atoms with Gasteiger partial charge in [-0.2, -0.15) is 13.2 Å². The molecule has 0 bridgehead atoms. The van der Waals surface area contributed by atoms with Gasteiger partial charge in [0.15, 0.2) is 0 Å². The van der Waals surface area contributed by atoms with E-state index in [9.17, 15) is 22.8 Å². The van der Waals surface area contributed by atoms with Crippen LogP contribution in [0.25, 0.3) is 0 Å². The second-order valence-electron chi connectivity index (χ2n) is 7.16. The Labute approximate surface area is 155 Å². The molecule has 1 aliphatic carbocycles. The molecule has 3 rings (SSSR count). The van der Waals surface area contributed by atoms with Crippen molar-refractivity contribution >= 4 is 11.8 Å². The Balaban J connectivity index is 1.44. The zero-order valence-corrected chi connectivity index (χ0v) is 15.0. The molecule has 1 aliphatic heterocycles. The fourth-order valence-electron chi connectivity index (χ4n) is 3.47. The maximum atomic E-state index is 12.5. The summed E-state index contributed by atoms with van der Waals surface area (Å²) in [5.41, 5.74) is -0.808. The zero-order chi connectivity index (χ0) is 19.6. The normalized spacial score (nSPS) is 26.1. The van der Waals surface area contributed by atoms with Gasteiger partial charge in [-0.05, 0) is 31.7 Å². The summed E-state index contributed by atoms with van der Waals surface area (Å²) in [6, 6.07) is 2.21. The lowest BCUT2D eigenvalue weighted by Gasteiger charge is -2.29. The van der Waals surface area contributed by atoms with Crippen LogP contribution < -0.4 is 10.1 Å². The van der Waals surface area contributed by atoms with Crippen molar-refractivity contribution in [2.75, 3.05) is 13.6 Å². The smallest absolute Gasteiger partial charge is 0.417 e. The number of alkyl halides is 3. The van der Waals surface area contributed by atoms with Gasteiger partial charge in [0.05, 0.1) is 11.5 Å². The van der Waals surface area contributed by atoms with Crippen LogP contribution in [-0.2, 0) is 15.8 Å². The Morgan fingerprint density at radius 3 is 2.48 bits per heavy atom. The van der Waals surface area contributed by atoms with Crippen LogP contribution in [0.4, 0.5) is 13.2 Å². The van der Waals surface area contributed by atoms with Gasteiger partial charge in [0.2, 0.25) is 17.7 Å². The predicted octanol–water partition coefficient (Wildman–Crippen LogP) is 2.38. The molecule has 1 aromatic rings. The summed E-state index contributed by atoms with van der Waals surface area (Å²) >= 11 is 0. The van der Waals surface area contributed by atoms with E-state index in [2.05, 4.69) is 10.3 Å². The Hall–Kier alpha value is -2.32. The van der Waals surface area contributed by atoms with Gasteiger partial charge < -0.3 is 15.0 Å². The molecule has 0 radical (unpaired) electrons. The lowest BCUT2D eigenvalue weighted by atomic mass is 9.92. The van der Waals surface area contributed by atoms with Gasteiger partial charge in [0.25, 0.3) is 0 Å². The first-order valence-electron chi connectivity index (χ1n) is 8.96. The van der Waals surface area contributed by atoms with Crippen LogP contribution in [0.1, 0.15) is 37.7 Å². The van der Waals surface area contributed by atoms with Gasteiger partial charge in [0.1, 0.15) is 6.10 Å². The predicted molar refractivity (Wildman–Crippen MR) is 89.8 cm³/mol. The number of pyridine rings is 1. The van der Waals surface area contributed by atoms with Crippen molar-refractivity contribution < 1.29 is 27.5 Å². The average molecular weight is 385 g/mol. The fourth-order valence-corrected chi connectivity index (χ4v) is 3.47. The largest absolute Gasteiger partial charge is 0.474 e. The molecule has 1 saturated carbocycles. The SMILES string of the molecule is CN1CC(C(=O)NC2CCC(Oc3ccc(C(F)(F)F)cn3)CC2)CC1=O. The molecular weight excluding hydrogens is 363 g/mol. The number of hydrogen-bond donors (Lipinski definition) is 1. The Kier molecular flexibility index (Phi) is 5.57. The Morgan fingerprint density at radius 2 is 1.96 bits per heavy atom. The second kappa shape index (κ2) is 7.74. The highest BCUT2D eigenvalue weighted by atomic mass is 19.4. The molecule has 2 amide bonds. The zero-order valence-electron chi connectivity index (χ0n) is 15.0. The van der Waals surface area contributed by atoms with Crippen molar-refractivity contribution in [2.45, 2.75) is 50.4 Å². The Morgan fingerprint density at radius 1 is 1.26 bits per heavy atom. The summed E-state index contributed by atoms with van der Waals surface area (Å²) in [7, 11) is 1.69. The summed E-state index contributed by atoms with van der Waals surface area (Å²) in [5.74, 6) is -0.242. The number of carbonyl (C=O) groups is 2. The minimum Gasteiger partial charge on any atom is -0.474 e. The molecule has 2 heterocycles. The highest BCUT2D eigenvalue weighted by Crippen LogP contribution is 2.30. The molecule has 27 heavy (non-hydrogen) atoms. The van der Waals surface area contributed by atoms with E-state index in [1.807, 2.05) is 0 Å². The number of nitrogens with zero attached hydrogens (tertiary/aromatic N) is 2. The number of carbonyl (C=O) groups excluding carboxylic acids is 2. The van der Waals surface area contributed by atoms with Crippen LogP contribution in [0.2, 0.25) is 0 Å². The van der Waals surface area contributed by atoms with Gasteiger partial charge in [-0.1, -0.05) is 0 Å². The number of amides is 2. The van der Waals surface area contributed by atoms with E-state index in [-0.39, 0.29) is 42.2 Å². The molecule has 1 N–H and O–H groups in total. The first-order valence-corrected chi connectivity index (χ1v) is 8.96. The number of halogens is 3. The van der Waals surface area contributed by atoms with Crippen LogP contribution in [0.15, 0.2) is 18.3 Å². The molecule has 148 valence electrons. The van der Waals surface area contributed by atoms with Crippen LogP contribution in [-0.4, -0.2) is 47.4 Å². The molecule has 1 aromatic heterocycles. The molecule has 0 aromatic carbocycles. The van der Waals surface area contributed by atoms with Crippen LogP contribution >= 0.6 is 0 Å². The van der Waals surface area contributed by atoms with E-state index >= 15 is 0 Å². The third kappa shape index (κ3) is 4.90. The van der Waals surface area contributed by atoms with Crippen LogP contribution in [0.3, 0.4) is 0 Å². The standard InChI is InChI=1S/C18H22F3N3O3/c1-24-10-11(8-16(24)25)17(26)23-13-3-5-14(6-4-13)27-15-7-2-12(9-22-15)18(19,20)21/h2,7,9,11,13-14H,3-6,8,10H2,1H3,(H,23,26). The van der Waals surface area contributed by atoms with Gasteiger partial charge in [-0.25, -0.2) is 4.98 Å². The van der Waals surface area contributed by atoms with Gasteiger partial charge in [-0.3, -0.25) is 9.59 Å². The van der Waals surface area contributed by atoms with E-state index < -0.39 is 11.7 Å². The summed E-state index contributed by atoms with van der Waals surface area (Å²) in [6.07, 6.45) is -0.751. The summed E-state index contributed by atoms with van der Waals surface area (Å²) in [6.45, 7) is 0.447. The van der Waals surface area contributed by atoms with E-state index in [4.69, 9.17) is 4.74 Å². The lowest BCUT2D eigenvalue weighted by molar-refractivity contribution is -0.138. The number of hydrogen-bond acceptors (Lipinski definition) is 4. The molecule has 1 saturated heterocycles. The van der Waals surface area contributed by atoms with Crippen molar-refractivity contribution in [1.82, 2.24) is 15.2 Å². The minimum atomic E-state index is -4.42. The number of nitrogens with one attached hydrogen (secondary N) is 1. The third-order valence-electron chi connectivity index (χ3n) is 5.08. The quantitative estimate of drug-likeness (QED) is 0.864. The maximum absolute atomic E-state index is 12.5. The number of ether oxygens (including phenoxy) is 1. The van der Waals surface area contributed by atoms with Crippen LogP contribution in [0.5, 0.6) is 5.88 Å². The molecule has 2 aliphatic rings. The maximum Gasteiger partial charge on any atom is 0.417 e. The first-order chi connectivity index (χ1) is 12.7. The van der Waals surface area contributed by atoms with Crippen molar-refractivity contribution in [1.29, 1.82) is 0 Å². The average Bonchev–Trinajstić information content (AvgIpc) is 2.95. The van der Waals surface area contributed by atoms with E-state index in [1.165, 1.54) is 6.07 Å². The van der Waals surface area contributed by atoms with Gasteiger partial charge >= 0.3 is 6.18 Å². The molecular formula is C18H22F3N3O3. The molecule has 1 atom stereocenters. The molecule has 2 fully saturated rings. The number of likely N-dealkylation sites (tertiary alicyclic amines) is 1. The summed E-state index contributed by atoms with van der Waals surface area (Å²) in [5, 5.41) is 3.00. The molecule has 9 heteroatoms. The van der Waals surface area contributed by atoms with Crippen LogP contribution in [0, 0.1) is 5.92 Å². The number of rotatable bonds is 4. The van der Waals surface area contributed by atoms with Crippen molar-refractivity contribution in [3.63, 3.8) is 0 Å². The van der Waals surface area contributed by atoms with E-state index in [1.54, 1.807) is 11.9 Å². The van der Waals surface area contributed by atoms with Crippen molar-refractivity contribution in [3.05, 3.63) is 23.9 Å². The lowest BCUT2D eigenvalue weighted by Crippen LogP contribution is -2.42. The third-order valence-corrected chi connectivity index (χ3v) is 5.08. The van der Waals surface area contributed by atoms with Crippen molar-refractivity contribution in [2.24, 2.45) is 5.92 Å². The van der Waals surface area contributed by atoms with E-state index in [0.717, 1.165) is 12.3 Å². The van der Waals surface area contributed by atoms with Crippen molar-refractivity contribution in [3.8, 4) is 5.88 Å². The highest BCUT2D eigenvalue weighted by molar-refractivity contribution is 5.89. The van der Waals surface area contributed by atoms with Gasteiger partial charge in [0, 0.05) is 38.3 Å². The first kappa shape index (κ1) is 19.4. The molecule has 6 nitrogen and oxygen atoms in total. The number of aromatic nitrogens is 1. The topological polar surface area (TPSA) is 71.5 Å². The molecule has 1 unspecified atom stereocenters.